The van der Waals surface area contributed by atoms with Crippen LogP contribution in [0.5, 0.6) is 0 Å². The number of fused-ring (bicyclic) bond motifs is 12. The Bertz CT molecular complexity index is 2780. The third kappa shape index (κ3) is 3.49. The molecule has 0 aliphatic carbocycles. The third-order valence-corrected chi connectivity index (χ3v) is 9.59. The van der Waals surface area contributed by atoms with Crippen LogP contribution in [0.4, 0.5) is 0 Å². The van der Waals surface area contributed by atoms with Gasteiger partial charge in [0.2, 0.25) is 0 Å². The van der Waals surface area contributed by atoms with Gasteiger partial charge >= 0.3 is 0 Å². The zero-order chi connectivity index (χ0) is 31.9. The number of hydrogen-bond acceptors (Lipinski definition) is 4. The quantitative estimate of drug-likeness (QED) is 0.182. The molecule has 7 aromatic carbocycles. The molecular formula is C42H22N6. The summed E-state index contributed by atoms with van der Waals surface area (Å²) in [4.78, 5) is 9.64. The van der Waals surface area contributed by atoms with E-state index < -0.39 is 0 Å². The Hall–Kier alpha value is -7.02. The van der Waals surface area contributed by atoms with E-state index in [1.807, 2.05) is 0 Å². The van der Waals surface area contributed by atoms with Crippen LogP contribution >= 0.6 is 0 Å². The molecule has 10 aromatic rings. The minimum atomic E-state index is 0.0199. The van der Waals surface area contributed by atoms with Gasteiger partial charge in [-0.05, 0) is 59.3 Å². The molecule has 0 saturated heterocycles. The highest BCUT2D eigenvalue weighted by molar-refractivity contribution is 6.24. The Morgan fingerprint density at radius 1 is 0.375 bits per heavy atom. The summed E-state index contributed by atoms with van der Waals surface area (Å²) in [6.45, 7) is 0. The van der Waals surface area contributed by atoms with Crippen molar-refractivity contribution in [2.24, 2.45) is 0 Å². The van der Waals surface area contributed by atoms with Crippen LogP contribution in [0.15, 0.2) is 133 Å². The second kappa shape index (κ2) is 9.74. The maximum Gasteiger partial charge on any atom is 0.177 e. The molecule has 0 saturated carbocycles. The average Bonchev–Trinajstić information content (AvgIpc) is 3.67. The Morgan fingerprint density at radius 2 is 0.708 bits per heavy atom. The molecule has 48 heavy (non-hydrogen) atoms. The standard InChI is InChI=1S/C42H22N6/c43-23-35-36(24-44)46-42-34-22-26(48-39-15-7-3-11-31(39)32-12-4-8-16-40(32)48)18-20-28(34)27-19-17-25(21-33(27)41(42)45-35)47-37-13-5-1-9-29(37)30-10-2-6-14-38(30)47/h1-22H. The van der Waals surface area contributed by atoms with E-state index in [4.69, 9.17) is 9.97 Å². The number of benzene rings is 7. The minimum Gasteiger partial charge on any atom is -0.309 e. The van der Waals surface area contributed by atoms with E-state index in [2.05, 4.69) is 155 Å². The molecule has 0 spiro atoms. The molecule has 6 heteroatoms. The van der Waals surface area contributed by atoms with Crippen LogP contribution in [-0.2, 0) is 0 Å². The summed E-state index contributed by atoms with van der Waals surface area (Å²) < 4.78 is 4.54. The second-order valence-electron chi connectivity index (χ2n) is 12.0. The largest absolute Gasteiger partial charge is 0.309 e. The summed E-state index contributed by atoms with van der Waals surface area (Å²) in [5, 5.41) is 28.4. The van der Waals surface area contributed by atoms with E-state index in [1.54, 1.807) is 0 Å². The normalized spacial score (nSPS) is 11.7. The van der Waals surface area contributed by atoms with Gasteiger partial charge < -0.3 is 9.13 Å². The van der Waals surface area contributed by atoms with Gasteiger partial charge in [0.15, 0.2) is 11.4 Å². The lowest BCUT2D eigenvalue weighted by molar-refractivity contribution is 1.18. The minimum absolute atomic E-state index is 0.0199. The van der Waals surface area contributed by atoms with Crippen molar-refractivity contribution in [3.63, 3.8) is 0 Å². The first-order valence-corrected chi connectivity index (χ1v) is 15.7. The lowest BCUT2D eigenvalue weighted by atomic mass is 9.98. The SMILES string of the molecule is N#Cc1nc2c3cc(-n4c5ccccc5c5ccccc54)ccc3c3ccc(-n4c5ccccc5c5ccccc54)cc3c2nc1C#N. The van der Waals surface area contributed by atoms with Gasteiger partial charge in [-0.15, -0.1) is 0 Å². The van der Waals surface area contributed by atoms with Crippen LogP contribution < -0.4 is 0 Å². The molecule has 3 aromatic heterocycles. The fraction of sp³-hybridized carbons (Fsp3) is 0. The van der Waals surface area contributed by atoms with Gasteiger partial charge in [0.05, 0.1) is 33.1 Å². The fourth-order valence-corrected chi connectivity index (χ4v) is 7.57. The zero-order valence-electron chi connectivity index (χ0n) is 25.4. The maximum atomic E-state index is 10.00. The van der Waals surface area contributed by atoms with Crippen LogP contribution in [0.2, 0.25) is 0 Å². The monoisotopic (exact) mass is 610 g/mol. The highest BCUT2D eigenvalue weighted by Crippen LogP contribution is 2.39. The van der Waals surface area contributed by atoms with Crippen molar-refractivity contribution in [2.45, 2.75) is 0 Å². The van der Waals surface area contributed by atoms with Gasteiger partial charge in [0, 0.05) is 43.7 Å². The summed E-state index contributed by atoms with van der Waals surface area (Å²) in [5.74, 6) is 0. The number of nitriles is 2. The number of para-hydroxylation sites is 4. The lowest BCUT2D eigenvalue weighted by Gasteiger charge is -2.15. The van der Waals surface area contributed by atoms with Crippen molar-refractivity contribution in [1.29, 1.82) is 10.5 Å². The number of hydrogen-bond donors (Lipinski definition) is 0. The molecule has 220 valence electrons. The van der Waals surface area contributed by atoms with Gasteiger partial charge in [0.1, 0.15) is 12.1 Å². The van der Waals surface area contributed by atoms with Gasteiger partial charge in [-0.2, -0.15) is 10.5 Å². The first-order chi connectivity index (χ1) is 23.7. The smallest absolute Gasteiger partial charge is 0.177 e. The predicted molar refractivity (Wildman–Crippen MR) is 193 cm³/mol. The average molecular weight is 611 g/mol. The lowest BCUT2D eigenvalue weighted by Crippen LogP contribution is -2.00. The third-order valence-electron chi connectivity index (χ3n) is 9.59. The van der Waals surface area contributed by atoms with E-state index in [9.17, 15) is 10.5 Å². The van der Waals surface area contributed by atoms with Crippen molar-refractivity contribution in [3.05, 3.63) is 145 Å². The molecule has 0 bridgehead atoms. The van der Waals surface area contributed by atoms with Gasteiger partial charge in [0.25, 0.3) is 0 Å². The molecule has 0 atom stereocenters. The second-order valence-corrected chi connectivity index (χ2v) is 12.0. The van der Waals surface area contributed by atoms with Crippen LogP contribution in [0.1, 0.15) is 11.4 Å². The van der Waals surface area contributed by atoms with Crippen LogP contribution in [-0.4, -0.2) is 19.1 Å². The Kier molecular flexibility index (Phi) is 5.32. The van der Waals surface area contributed by atoms with E-state index >= 15 is 0 Å². The van der Waals surface area contributed by atoms with Crippen molar-refractivity contribution in [2.75, 3.05) is 0 Å². The highest BCUT2D eigenvalue weighted by atomic mass is 15.0. The molecule has 6 nitrogen and oxygen atoms in total. The molecule has 0 unspecified atom stereocenters. The van der Waals surface area contributed by atoms with Crippen LogP contribution in [0, 0.1) is 22.7 Å². The molecule has 0 amide bonds. The summed E-state index contributed by atoms with van der Waals surface area (Å²) in [6, 6.07) is 50.8. The molecule has 0 fully saturated rings. The van der Waals surface area contributed by atoms with Crippen molar-refractivity contribution >= 4 is 76.2 Å². The number of rotatable bonds is 2. The van der Waals surface area contributed by atoms with Crippen molar-refractivity contribution < 1.29 is 0 Å². The molecule has 0 N–H and O–H groups in total. The first kappa shape index (κ1) is 26.2. The molecule has 0 aliphatic rings. The van der Waals surface area contributed by atoms with Gasteiger partial charge in [-0.1, -0.05) is 84.9 Å². The Morgan fingerprint density at radius 3 is 1.04 bits per heavy atom. The molecular weight excluding hydrogens is 589 g/mol. The number of aromatic nitrogens is 4. The summed E-state index contributed by atoms with van der Waals surface area (Å²) >= 11 is 0. The van der Waals surface area contributed by atoms with Gasteiger partial charge in [-0.3, -0.25) is 0 Å². The van der Waals surface area contributed by atoms with Crippen molar-refractivity contribution in [3.8, 4) is 23.5 Å². The highest BCUT2D eigenvalue weighted by Gasteiger charge is 2.19. The van der Waals surface area contributed by atoms with Gasteiger partial charge in [-0.25, -0.2) is 9.97 Å². The van der Waals surface area contributed by atoms with Crippen LogP contribution in [0.3, 0.4) is 0 Å². The van der Waals surface area contributed by atoms with E-state index in [1.165, 1.54) is 21.5 Å². The van der Waals surface area contributed by atoms with E-state index in [-0.39, 0.29) is 11.4 Å². The van der Waals surface area contributed by atoms with E-state index in [0.717, 1.165) is 55.0 Å². The molecule has 0 aliphatic heterocycles. The molecule has 3 heterocycles. The summed E-state index contributed by atoms with van der Waals surface area (Å²) in [7, 11) is 0. The van der Waals surface area contributed by atoms with Crippen LogP contribution in [0.25, 0.3) is 87.6 Å². The van der Waals surface area contributed by atoms with E-state index in [0.29, 0.717) is 11.0 Å². The Balaban J connectivity index is 1.32. The molecule has 0 radical (unpaired) electrons. The predicted octanol–water partition coefficient (Wildman–Crippen LogP) is 9.87. The maximum absolute atomic E-state index is 10.00. The summed E-state index contributed by atoms with van der Waals surface area (Å²) in [5.41, 5.74) is 7.61. The zero-order valence-corrected chi connectivity index (χ0v) is 25.4. The topological polar surface area (TPSA) is 83.2 Å². The first-order valence-electron chi connectivity index (χ1n) is 15.7. The Labute approximate surface area is 273 Å². The number of nitrogens with zero attached hydrogens (tertiary/aromatic N) is 6. The fourth-order valence-electron chi connectivity index (χ4n) is 7.57. The molecule has 10 rings (SSSR count). The van der Waals surface area contributed by atoms with Crippen molar-refractivity contribution in [1.82, 2.24) is 19.1 Å². The summed E-state index contributed by atoms with van der Waals surface area (Å²) in [6.07, 6.45) is 0.